The molecule has 1 aliphatic heterocycles. The molecule has 1 aliphatic rings. The Morgan fingerprint density at radius 1 is 1.39 bits per heavy atom. The fraction of sp³-hybridized carbons (Fsp3) is 0.267. The van der Waals surface area contributed by atoms with Crippen molar-refractivity contribution in [3.8, 4) is 0 Å². The summed E-state index contributed by atoms with van der Waals surface area (Å²) in [6, 6.07) is 2.60. The van der Waals surface area contributed by atoms with E-state index in [1.807, 2.05) is 0 Å². The smallest absolute Gasteiger partial charge is 0.339 e. The van der Waals surface area contributed by atoms with E-state index in [1.54, 1.807) is 0 Å². The third-order valence-electron chi connectivity index (χ3n) is 3.90. The third kappa shape index (κ3) is 2.68. The highest BCUT2D eigenvalue weighted by atomic mass is 35.5. The van der Waals surface area contributed by atoms with Gasteiger partial charge in [-0.25, -0.2) is 9.18 Å². The Hall–Kier alpha value is -2.41. The summed E-state index contributed by atoms with van der Waals surface area (Å²) in [5, 5.41) is 13.3. The number of fused-ring (bicyclic) bond motifs is 1. The Morgan fingerprint density at radius 3 is 2.83 bits per heavy atom. The van der Waals surface area contributed by atoms with Crippen LogP contribution in [0.2, 0.25) is 5.02 Å². The van der Waals surface area contributed by atoms with Crippen LogP contribution in [0.25, 0.3) is 0 Å². The zero-order chi connectivity index (χ0) is 16.7. The first kappa shape index (κ1) is 15.5. The maximum absolute atomic E-state index is 13.5. The van der Waals surface area contributed by atoms with Gasteiger partial charge in [-0.1, -0.05) is 11.6 Å². The number of amides is 1. The number of aromatic carboxylic acids is 1. The van der Waals surface area contributed by atoms with Crippen LogP contribution in [0.3, 0.4) is 0 Å². The van der Waals surface area contributed by atoms with Gasteiger partial charge in [0, 0.05) is 25.2 Å². The molecule has 0 saturated carbocycles. The largest absolute Gasteiger partial charge is 0.478 e. The molecule has 1 amide bonds. The number of hydrogen-bond donors (Lipinski definition) is 1. The summed E-state index contributed by atoms with van der Waals surface area (Å²) >= 11 is 6.03. The minimum Gasteiger partial charge on any atom is -0.478 e. The molecular formula is C15H13ClFN3O3. The molecule has 0 fully saturated rings. The predicted molar refractivity (Wildman–Crippen MR) is 80.0 cm³/mol. The Morgan fingerprint density at radius 2 is 2.13 bits per heavy atom. The van der Waals surface area contributed by atoms with Crippen molar-refractivity contribution < 1.29 is 19.1 Å². The van der Waals surface area contributed by atoms with Gasteiger partial charge in [-0.05, 0) is 29.7 Å². The van der Waals surface area contributed by atoms with E-state index in [1.165, 1.54) is 28.8 Å². The van der Waals surface area contributed by atoms with Gasteiger partial charge in [-0.3, -0.25) is 9.48 Å². The lowest BCUT2D eigenvalue weighted by molar-refractivity contribution is 0.0665. The van der Waals surface area contributed by atoms with E-state index in [2.05, 4.69) is 5.10 Å². The molecule has 0 aliphatic carbocycles. The second kappa shape index (κ2) is 5.66. The van der Waals surface area contributed by atoms with Crippen LogP contribution >= 0.6 is 11.6 Å². The number of halogens is 2. The van der Waals surface area contributed by atoms with Gasteiger partial charge in [-0.2, -0.15) is 5.10 Å². The standard InChI is InChI=1S/C15H13ClFN3O3/c1-19-13(11(6-18-19)15(22)23)14(21)20-3-2-10-8(7-20)4-9(17)5-12(10)16/h4-6H,2-3,7H2,1H3,(H,22,23). The van der Waals surface area contributed by atoms with Crippen molar-refractivity contribution in [1.82, 2.24) is 14.7 Å². The van der Waals surface area contributed by atoms with Gasteiger partial charge < -0.3 is 10.0 Å². The first-order valence-corrected chi connectivity index (χ1v) is 7.27. The number of aromatic nitrogens is 2. The van der Waals surface area contributed by atoms with Gasteiger partial charge in [-0.15, -0.1) is 0 Å². The lowest BCUT2D eigenvalue weighted by atomic mass is 9.99. The van der Waals surface area contributed by atoms with Crippen molar-refractivity contribution in [3.63, 3.8) is 0 Å². The molecule has 0 atom stereocenters. The first-order chi connectivity index (χ1) is 10.9. The van der Waals surface area contributed by atoms with Crippen molar-refractivity contribution in [2.75, 3.05) is 6.54 Å². The van der Waals surface area contributed by atoms with Crippen LogP contribution in [-0.4, -0.2) is 38.2 Å². The maximum Gasteiger partial charge on any atom is 0.339 e. The van der Waals surface area contributed by atoms with E-state index in [4.69, 9.17) is 16.7 Å². The van der Waals surface area contributed by atoms with Crippen LogP contribution in [0.5, 0.6) is 0 Å². The number of carboxylic acids is 1. The summed E-state index contributed by atoms with van der Waals surface area (Å²) in [5.41, 5.74) is 1.30. The second-order valence-electron chi connectivity index (χ2n) is 5.34. The molecule has 6 nitrogen and oxygen atoms in total. The summed E-state index contributed by atoms with van der Waals surface area (Å²) in [4.78, 5) is 25.4. The summed E-state index contributed by atoms with van der Waals surface area (Å²) in [5.74, 6) is -2.13. The Bertz CT molecular complexity index is 819. The SMILES string of the molecule is Cn1ncc(C(=O)O)c1C(=O)N1CCc2c(Cl)cc(F)cc2C1. The van der Waals surface area contributed by atoms with Gasteiger partial charge in [0.15, 0.2) is 0 Å². The molecule has 3 rings (SSSR count). The molecule has 0 saturated heterocycles. The van der Waals surface area contributed by atoms with Crippen molar-refractivity contribution >= 4 is 23.5 Å². The summed E-state index contributed by atoms with van der Waals surface area (Å²) < 4.78 is 14.7. The summed E-state index contributed by atoms with van der Waals surface area (Å²) in [6.45, 7) is 0.553. The highest BCUT2D eigenvalue weighted by Gasteiger charge is 2.29. The van der Waals surface area contributed by atoms with E-state index in [0.717, 1.165) is 11.8 Å². The average Bonchev–Trinajstić information content (AvgIpc) is 2.87. The molecule has 2 aromatic rings. The number of hydrogen-bond acceptors (Lipinski definition) is 3. The van der Waals surface area contributed by atoms with E-state index in [0.29, 0.717) is 23.6 Å². The molecule has 120 valence electrons. The van der Waals surface area contributed by atoms with Crippen LogP contribution < -0.4 is 0 Å². The fourth-order valence-electron chi connectivity index (χ4n) is 2.78. The first-order valence-electron chi connectivity index (χ1n) is 6.90. The topological polar surface area (TPSA) is 75.4 Å². The van der Waals surface area contributed by atoms with Gasteiger partial charge in [0.05, 0.1) is 6.20 Å². The van der Waals surface area contributed by atoms with Crippen molar-refractivity contribution in [2.45, 2.75) is 13.0 Å². The van der Waals surface area contributed by atoms with Crippen LogP contribution in [0.4, 0.5) is 4.39 Å². The number of aryl methyl sites for hydroxylation is 1. The number of carbonyl (C=O) groups excluding carboxylic acids is 1. The van der Waals surface area contributed by atoms with E-state index < -0.39 is 17.7 Å². The van der Waals surface area contributed by atoms with Crippen molar-refractivity contribution in [3.05, 3.63) is 51.6 Å². The van der Waals surface area contributed by atoms with Gasteiger partial charge in [0.25, 0.3) is 5.91 Å². The zero-order valence-electron chi connectivity index (χ0n) is 12.2. The quantitative estimate of drug-likeness (QED) is 0.910. The van der Waals surface area contributed by atoms with Crippen LogP contribution in [0.15, 0.2) is 18.3 Å². The second-order valence-corrected chi connectivity index (χ2v) is 5.74. The Labute approximate surface area is 136 Å². The Kier molecular flexibility index (Phi) is 3.81. The lowest BCUT2D eigenvalue weighted by Gasteiger charge is -2.29. The lowest BCUT2D eigenvalue weighted by Crippen LogP contribution is -2.37. The molecule has 1 N–H and O–H groups in total. The normalized spacial score (nSPS) is 13.8. The van der Waals surface area contributed by atoms with E-state index in [9.17, 15) is 14.0 Å². The van der Waals surface area contributed by atoms with Gasteiger partial charge in [0.1, 0.15) is 17.1 Å². The van der Waals surface area contributed by atoms with E-state index >= 15 is 0 Å². The number of rotatable bonds is 2. The highest BCUT2D eigenvalue weighted by Crippen LogP contribution is 2.28. The summed E-state index contributed by atoms with van der Waals surface area (Å²) in [6.07, 6.45) is 1.63. The average molecular weight is 338 g/mol. The van der Waals surface area contributed by atoms with Gasteiger partial charge in [0.2, 0.25) is 0 Å². The van der Waals surface area contributed by atoms with E-state index in [-0.39, 0.29) is 17.8 Å². The molecule has 8 heteroatoms. The minimum atomic E-state index is -1.21. The molecule has 2 heterocycles. The number of carboxylic acid groups (broad SMARTS) is 1. The fourth-order valence-corrected chi connectivity index (χ4v) is 3.10. The van der Waals surface area contributed by atoms with Gasteiger partial charge >= 0.3 is 5.97 Å². The zero-order valence-corrected chi connectivity index (χ0v) is 13.0. The highest BCUT2D eigenvalue weighted by molar-refractivity contribution is 6.31. The maximum atomic E-state index is 13.5. The monoisotopic (exact) mass is 337 g/mol. The van der Waals surface area contributed by atoms with Crippen LogP contribution in [0.1, 0.15) is 32.0 Å². The van der Waals surface area contributed by atoms with Crippen molar-refractivity contribution in [1.29, 1.82) is 0 Å². The molecule has 23 heavy (non-hydrogen) atoms. The molecule has 0 radical (unpaired) electrons. The number of benzene rings is 1. The predicted octanol–water partition coefficient (Wildman–Crippen LogP) is 2.11. The van der Waals surface area contributed by atoms with Crippen LogP contribution in [0, 0.1) is 5.82 Å². The molecule has 1 aromatic heterocycles. The Balaban J connectivity index is 1.94. The third-order valence-corrected chi connectivity index (χ3v) is 4.24. The molecule has 0 unspecified atom stereocenters. The minimum absolute atomic E-state index is 0.00319. The molecule has 1 aromatic carbocycles. The molecular weight excluding hydrogens is 325 g/mol. The molecule has 0 spiro atoms. The summed E-state index contributed by atoms with van der Waals surface area (Å²) in [7, 11) is 1.51. The van der Waals surface area contributed by atoms with Crippen LogP contribution in [-0.2, 0) is 20.0 Å². The number of carbonyl (C=O) groups is 2. The van der Waals surface area contributed by atoms with Crippen molar-refractivity contribution in [2.24, 2.45) is 7.05 Å². The molecule has 0 bridgehead atoms. The number of nitrogens with zero attached hydrogens (tertiary/aromatic N) is 3.